The van der Waals surface area contributed by atoms with Crippen molar-refractivity contribution in [2.45, 2.75) is 44.6 Å². The third kappa shape index (κ3) is 4.16. The Hall–Kier alpha value is -1.70. The number of nitrogens with one attached hydrogen (secondary N) is 1. The van der Waals surface area contributed by atoms with Crippen molar-refractivity contribution in [3.63, 3.8) is 0 Å². The fraction of sp³-hybridized carbons (Fsp3) is 0.381. The van der Waals surface area contributed by atoms with Gasteiger partial charge in [-0.1, -0.05) is 55.8 Å². The van der Waals surface area contributed by atoms with Crippen LogP contribution in [0.1, 0.15) is 38.8 Å². The first-order chi connectivity index (χ1) is 13.0. The molecule has 1 amide bonds. The second kappa shape index (κ2) is 7.61. The molecule has 1 N–H and O–H groups in total. The molecule has 0 saturated carbocycles. The van der Waals surface area contributed by atoms with E-state index in [2.05, 4.69) is 20.7 Å². The second-order valence-electron chi connectivity index (χ2n) is 8.10. The van der Waals surface area contributed by atoms with E-state index in [-0.39, 0.29) is 28.7 Å². The Labute approximate surface area is 175 Å². The van der Waals surface area contributed by atoms with E-state index in [1.807, 2.05) is 52.0 Å². The third-order valence-electron chi connectivity index (χ3n) is 4.97. The van der Waals surface area contributed by atoms with Gasteiger partial charge in [-0.25, -0.2) is 13.1 Å². The number of hydrogen-bond donors (Lipinski definition) is 1. The quantitative estimate of drug-likeness (QED) is 0.720. The number of benzene rings is 2. The molecule has 0 bridgehead atoms. The van der Waals surface area contributed by atoms with Crippen LogP contribution in [0.15, 0.2) is 51.8 Å². The Bertz CT molecular complexity index is 1020. The van der Waals surface area contributed by atoms with Gasteiger partial charge in [0.1, 0.15) is 0 Å². The fourth-order valence-corrected chi connectivity index (χ4v) is 4.93. The van der Waals surface area contributed by atoms with Crippen molar-refractivity contribution in [3.8, 4) is 0 Å². The summed E-state index contributed by atoms with van der Waals surface area (Å²) >= 11 is 3.39. The van der Waals surface area contributed by atoms with E-state index >= 15 is 0 Å². The summed E-state index contributed by atoms with van der Waals surface area (Å²) in [6.45, 7) is 8.57. The van der Waals surface area contributed by atoms with E-state index in [4.69, 9.17) is 0 Å². The van der Waals surface area contributed by atoms with E-state index in [9.17, 15) is 13.2 Å². The van der Waals surface area contributed by atoms with Crippen molar-refractivity contribution in [1.29, 1.82) is 0 Å². The molecule has 1 aliphatic heterocycles. The summed E-state index contributed by atoms with van der Waals surface area (Å²) in [5.41, 5.74) is 2.24. The van der Waals surface area contributed by atoms with Crippen LogP contribution in [-0.4, -0.2) is 20.9 Å². The molecule has 3 rings (SSSR count). The van der Waals surface area contributed by atoms with Crippen molar-refractivity contribution in [2.24, 2.45) is 5.92 Å². The normalized spacial score (nSPS) is 15.7. The highest BCUT2D eigenvalue weighted by atomic mass is 79.9. The lowest BCUT2D eigenvalue weighted by Crippen LogP contribution is -2.36. The lowest BCUT2D eigenvalue weighted by Gasteiger charge is -2.22. The minimum absolute atomic E-state index is 0.0511. The topological polar surface area (TPSA) is 66.5 Å². The zero-order valence-corrected chi connectivity index (χ0v) is 18.9. The van der Waals surface area contributed by atoms with Gasteiger partial charge in [0.15, 0.2) is 0 Å². The van der Waals surface area contributed by atoms with Gasteiger partial charge >= 0.3 is 0 Å². The molecule has 0 aromatic heterocycles. The Morgan fingerprint density at radius 3 is 2.57 bits per heavy atom. The summed E-state index contributed by atoms with van der Waals surface area (Å²) in [6.07, 6.45) is 0. The summed E-state index contributed by atoms with van der Waals surface area (Å²) in [7, 11) is -3.67. The lowest BCUT2D eigenvalue weighted by atomic mass is 9.87. The van der Waals surface area contributed by atoms with Gasteiger partial charge in [0.2, 0.25) is 15.9 Å². The smallest absolute Gasteiger partial charge is 0.240 e. The maximum absolute atomic E-state index is 12.8. The van der Waals surface area contributed by atoms with Gasteiger partial charge < -0.3 is 4.90 Å². The molecule has 0 aliphatic carbocycles. The standard InChI is InChI=1S/C21H25BrN2O3S/c1-14(2)20(25)24-13-21(3,4)18-11-17(8-9-19(18)24)28(26,27)23-12-15-6-5-7-16(22)10-15/h5-11,14,23H,12-13H2,1-4H3. The van der Waals surface area contributed by atoms with Crippen molar-refractivity contribution in [3.05, 3.63) is 58.1 Å². The van der Waals surface area contributed by atoms with Gasteiger partial charge in [0, 0.05) is 34.6 Å². The predicted molar refractivity (Wildman–Crippen MR) is 115 cm³/mol. The summed E-state index contributed by atoms with van der Waals surface area (Å²) < 4.78 is 29.2. The van der Waals surface area contributed by atoms with E-state index < -0.39 is 10.0 Å². The number of carbonyl (C=O) groups is 1. The van der Waals surface area contributed by atoms with Crippen LogP contribution < -0.4 is 9.62 Å². The number of carbonyl (C=O) groups excluding carboxylic acids is 1. The Morgan fingerprint density at radius 1 is 1.21 bits per heavy atom. The van der Waals surface area contributed by atoms with Crippen molar-refractivity contribution < 1.29 is 13.2 Å². The van der Waals surface area contributed by atoms with Crippen LogP contribution in [0.3, 0.4) is 0 Å². The zero-order valence-electron chi connectivity index (χ0n) is 16.5. The number of nitrogens with zero attached hydrogens (tertiary/aromatic N) is 1. The number of sulfonamides is 1. The summed E-state index contributed by atoms with van der Waals surface area (Å²) in [5, 5.41) is 0. The molecule has 150 valence electrons. The highest BCUT2D eigenvalue weighted by molar-refractivity contribution is 9.10. The minimum atomic E-state index is -3.67. The molecule has 7 heteroatoms. The van der Waals surface area contributed by atoms with Crippen LogP contribution in [0, 0.1) is 5.92 Å². The molecule has 28 heavy (non-hydrogen) atoms. The van der Waals surface area contributed by atoms with Crippen LogP contribution in [0.2, 0.25) is 0 Å². The number of rotatable bonds is 5. The largest absolute Gasteiger partial charge is 0.311 e. The fourth-order valence-electron chi connectivity index (χ4n) is 3.44. The van der Waals surface area contributed by atoms with Crippen LogP contribution in [0.25, 0.3) is 0 Å². The van der Waals surface area contributed by atoms with Gasteiger partial charge in [-0.2, -0.15) is 0 Å². The van der Waals surface area contributed by atoms with Crippen LogP contribution in [0.5, 0.6) is 0 Å². The highest BCUT2D eigenvalue weighted by Gasteiger charge is 2.39. The maximum atomic E-state index is 12.8. The third-order valence-corrected chi connectivity index (χ3v) is 6.86. The van der Waals surface area contributed by atoms with Gasteiger partial charge in [-0.15, -0.1) is 0 Å². The average Bonchev–Trinajstić information content (AvgIpc) is 2.90. The number of anilines is 1. The van der Waals surface area contributed by atoms with Crippen molar-refractivity contribution in [2.75, 3.05) is 11.4 Å². The molecular formula is C21H25BrN2O3S. The first-order valence-electron chi connectivity index (χ1n) is 9.21. The second-order valence-corrected chi connectivity index (χ2v) is 10.8. The van der Waals surface area contributed by atoms with Gasteiger partial charge in [0.05, 0.1) is 4.90 Å². The molecule has 0 radical (unpaired) electrons. The Morgan fingerprint density at radius 2 is 1.93 bits per heavy atom. The molecule has 1 heterocycles. The number of fused-ring (bicyclic) bond motifs is 1. The van der Waals surface area contributed by atoms with E-state index in [0.29, 0.717) is 6.54 Å². The molecule has 2 aromatic rings. The number of halogens is 1. The first-order valence-corrected chi connectivity index (χ1v) is 11.5. The van der Waals surface area contributed by atoms with Crippen LogP contribution >= 0.6 is 15.9 Å². The van der Waals surface area contributed by atoms with Crippen LogP contribution in [0.4, 0.5) is 5.69 Å². The molecule has 5 nitrogen and oxygen atoms in total. The molecular weight excluding hydrogens is 440 g/mol. The Kier molecular flexibility index (Phi) is 5.71. The highest BCUT2D eigenvalue weighted by Crippen LogP contribution is 2.42. The summed E-state index contributed by atoms with van der Waals surface area (Å²) in [5.74, 6) is -0.0627. The monoisotopic (exact) mass is 464 g/mol. The van der Waals surface area contributed by atoms with Gasteiger partial charge in [-0.05, 0) is 41.5 Å². The SMILES string of the molecule is CC(C)C(=O)N1CC(C)(C)c2cc(S(=O)(=O)NCc3cccc(Br)c3)ccc21. The molecule has 1 aliphatic rings. The molecule has 0 saturated heterocycles. The summed E-state index contributed by atoms with van der Waals surface area (Å²) in [6, 6.07) is 12.5. The Balaban J connectivity index is 1.89. The molecule has 0 spiro atoms. The lowest BCUT2D eigenvalue weighted by molar-refractivity contribution is -0.121. The number of amides is 1. The van der Waals surface area contributed by atoms with Crippen molar-refractivity contribution >= 4 is 37.5 Å². The van der Waals surface area contributed by atoms with Crippen molar-refractivity contribution in [1.82, 2.24) is 4.72 Å². The minimum Gasteiger partial charge on any atom is -0.311 e. The van der Waals surface area contributed by atoms with E-state index in [1.54, 1.807) is 23.1 Å². The van der Waals surface area contributed by atoms with E-state index in [1.165, 1.54) is 0 Å². The number of hydrogen-bond acceptors (Lipinski definition) is 3. The maximum Gasteiger partial charge on any atom is 0.240 e. The molecule has 2 aromatic carbocycles. The summed E-state index contributed by atoms with van der Waals surface area (Å²) in [4.78, 5) is 14.5. The molecule has 0 unspecified atom stereocenters. The molecule has 0 atom stereocenters. The van der Waals surface area contributed by atoms with Crippen LogP contribution in [-0.2, 0) is 26.8 Å². The van der Waals surface area contributed by atoms with Gasteiger partial charge in [-0.3, -0.25) is 4.79 Å². The average molecular weight is 465 g/mol. The van der Waals surface area contributed by atoms with E-state index in [0.717, 1.165) is 21.3 Å². The first kappa shape index (κ1) is 21.0. The predicted octanol–water partition coefficient (Wildman–Crippen LogP) is 4.21. The zero-order chi connectivity index (χ0) is 20.7. The van der Waals surface area contributed by atoms with Gasteiger partial charge in [0.25, 0.3) is 0 Å². The molecule has 0 fully saturated rings.